The fourth-order valence-corrected chi connectivity index (χ4v) is 3.38. The fraction of sp³-hybridized carbons (Fsp3) is 0.667. The maximum Gasteiger partial charge on any atom is 0.0613 e. The van der Waals surface area contributed by atoms with E-state index in [0.29, 0.717) is 0 Å². The molecule has 0 aliphatic carbocycles. The average Bonchev–Trinajstić information content (AvgIpc) is 2.50. The summed E-state index contributed by atoms with van der Waals surface area (Å²) in [6.07, 6.45) is 4.26. The molecule has 0 aliphatic heterocycles. The van der Waals surface area contributed by atoms with Crippen molar-refractivity contribution in [1.82, 2.24) is 5.32 Å². The van der Waals surface area contributed by atoms with Crippen LogP contribution in [-0.4, -0.2) is 29.5 Å². The van der Waals surface area contributed by atoms with Gasteiger partial charge in [0.2, 0.25) is 0 Å². The van der Waals surface area contributed by atoms with Gasteiger partial charge in [0, 0.05) is 10.4 Å². The third-order valence-electron chi connectivity index (χ3n) is 4.28. The van der Waals surface area contributed by atoms with Crippen LogP contribution in [0.3, 0.4) is 0 Å². The van der Waals surface area contributed by atoms with Crippen LogP contribution < -0.4 is 5.32 Å². The zero-order valence-corrected chi connectivity index (χ0v) is 14.9. The minimum Gasteiger partial charge on any atom is -0.394 e. The van der Waals surface area contributed by atoms with Crippen molar-refractivity contribution in [3.05, 3.63) is 29.3 Å². The minimum atomic E-state index is -0.0836. The van der Waals surface area contributed by atoms with E-state index in [2.05, 4.69) is 51.2 Å². The summed E-state index contributed by atoms with van der Waals surface area (Å²) in [6.45, 7) is 9.87. The Morgan fingerprint density at radius 3 is 2.52 bits per heavy atom. The quantitative estimate of drug-likeness (QED) is 0.499. The maximum atomic E-state index is 9.72. The Morgan fingerprint density at radius 1 is 1.19 bits per heavy atom. The highest BCUT2D eigenvalue weighted by atomic mass is 32.2. The van der Waals surface area contributed by atoms with Gasteiger partial charge in [0.25, 0.3) is 0 Å². The summed E-state index contributed by atoms with van der Waals surface area (Å²) < 4.78 is 0. The maximum absolute atomic E-state index is 9.72. The number of hydrogen-bond donors (Lipinski definition) is 2. The summed E-state index contributed by atoms with van der Waals surface area (Å²) in [7, 11) is 0. The molecule has 0 aromatic heterocycles. The van der Waals surface area contributed by atoms with E-state index in [4.69, 9.17) is 0 Å². The van der Waals surface area contributed by atoms with Gasteiger partial charge in [-0.25, -0.2) is 0 Å². The van der Waals surface area contributed by atoms with Crippen molar-refractivity contribution in [3.63, 3.8) is 0 Å². The first kappa shape index (κ1) is 18.5. The van der Waals surface area contributed by atoms with Crippen molar-refractivity contribution < 1.29 is 5.11 Å². The molecule has 3 heteroatoms. The Morgan fingerprint density at radius 2 is 1.95 bits per heavy atom. The number of rotatable bonds is 10. The van der Waals surface area contributed by atoms with Gasteiger partial charge in [-0.15, -0.1) is 11.8 Å². The summed E-state index contributed by atoms with van der Waals surface area (Å²) in [5.74, 6) is 1.11. The second-order valence-electron chi connectivity index (χ2n) is 5.92. The predicted molar refractivity (Wildman–Crippen MR) is 94.3 cm³/mol. The monoisotopic (exact) mass is 309 g/mol. The summed E-state index contributed by atoms with van der Waals surface area (Å²) >= 11 is 1.92. The largest absolute Gasteiger partial charge is 0.394 e. The molecular weight excluding hydrogens is 278 g/mol. The number of nitrogens with one attached hydrogen (secondary N) is 1. The van der Waals surface area contributed by atoms with E-state index >= 15 is 0 Å². The van der Waals surface area contributed by atoms with E-state index < -0.39 is 0 Å². The highest BCUT2D eigenvalue weighted by Crippen LogP contribution is 2.24. The van der Waals surface area contributed by atoms with Gasteiger partial charge in [0.05, 0.1) is 6.61 Å². The molecule has 21 heavy (non-hydrogen) atoms. The second kappa shape index (κ2) is 9.50. The first-order valence-corrected chi connectivity index (χ1v) is 9.11. The lowest BCUT2D eigenvalue weighted by atomic mass is 9.91. The molecular formula is C18H31NOS. The van der Waals surface area contributed by atoms with E-state index in [1.54, 1.807) is 0 Å². The van der Waals surface area contributed by atoms with Crippen molar-refractivity contribution in [1.29, 1.82) is 0 Å². The van der Waals surface area contributed by atoms with Gasteiger partial charge in [0.15, 0.2) is 0 Å². The molecule has 120 valence electrons. The molecule has 1 rings (SSSR count). The highest BCUT2D eigenvalue weighted by molar-refractivity contribution is 7.99. The zero-order valence-electron chi connectivity index (χ0n) is 14.0. The van der Waals surface area contributed by atoms with E-state index in [9.17, 15) is 5.11 Å². The summed E-state index contributed by atoms with van der Waals surface area (Å²) in [4.78, 5) is 1.35. The average molecular weight is 310 g/mol. The number of aryl methyl sites for hydroxylation is 2. The first-order chi connectivity index (χ1) is 10.1. The molecule has 1 aromatic carbocycles. The van der Waals surface area contributed by atoms with Crippen LogP contribution in [0.4, 0.5) is 0 Å². The number of benzene rings is 1. The Hall–Kier alpha value is -0.510. The number of aliphatic hydroxyl groups excluding tert-OH is 1. The van der Waals surface area contributed by atoms with Gasteiger partial charge in [0.1, 0.15) is 0 Å². The van der Waals surface area contributed by atoms with Crippen LogP contribution in [0, 0.1) is 13.8 Å². The summed E-state index contributed by atoms with van der Waals surface area (Å²) in [5, 5.41) is 13.3. The van der Waals surface area contributed by atoms with Gasteiger partial charge in [-0.05, 0) is 75.1 Å². The van der Waals surface area contributed by atoms with Gasteiger partial charge >= 0.3 is 0 Å². The molecule has 0 bridgehead atoms. The first-order valence-electron chi connectivity index (χ1n) is 8.13. The van der Waals surface area contributed by atoms with Crippen LogP contribution in [0.25, 0.3) is 0 Å². The van der Waals surface area contributed by atoms with Crippen molar-refractivity contribution in [2.75, 3.05) is 18.9 Å². The van der Waals surface area contributed by atoms with Crippen molar-refractivity contribution >= 4 is 11.8 Å². The van der Waals surface area contributed by atoms with Gasteiger partial charge < -0.3 is 10.4 Å². The minimum absolute atomic E-state index is 0.0836. The molecule has 0 amide bonds. The molecule has 1 unspecified atom stereocenters. The Labute approximate surface area is 134 Å². The van der Waals surface area contributed by atoms with Crippen LogP contribution in [0.2, 0.25) is 0 Å². The lowest BCUT2D eigenvalue weighted by Crippen LogP contribution is -2.48. The van der Waals surface area contributed by atoms with Crippen LogP contribution in [0.5, 0.6) is 0 Å². The summed E-state index contributed by atoms with van der Waals surface area (Å²) in [6, 6.07) is 6.68. The number of aliphatic hydroxyl groups is 1. The van der Waals surface area contributed by atoms with Crippen LogP contribution in [-0.2, 0) is 0 Å². The molecule has 0 saturated heterocycles. The lowest BCUT2D eigenvalue weighted by molar-refractivity contribution is 0.146. The van der Waals surface area contributed by atoms with Crippen LogP contribution >= 0.6 is 11.8 Å². The third kappa shape index (κ3) is 6.01. The Bertz CT molecular complexity index is 416. The molecule has 1 aromatic rings. The molecule has 2 nitrogen and oxygen atoms in total. The van der Waals surface area contributed by atoms with E-state index in [0.717, 1.165) is 38.0 Å². The standard InChI is InChI=1S/C18H31NOS/c1-5-11-19-18(6-2,14-20)10-7-12-21-17-9-8-15(3)16(4)13-17/h8-9,13,19-20H,5-7,10-12,14H2,1-4H3. The molecule has 2 N–H and O–H groups in total. The SMILES string of the molecule is CCCNC(CC)(CO)CCCSc1ccc(C)c(C)c1. The molecule has 0 fully saturated rings. The molecule has 0 saturated carbocycles. The van der Waals surface area contributed by atoms with Crippen molar-refractivity contribution in [2.24, 2.45) is 0 Å². The Balaban J connectivity index is 2.41. The van der Waals surface area contributed by atoms with Gasteiger partial charge in [-0.1, -0.05) is 19.9 Å². The third-order valence-corrected chi connectivity index (χ3v) is 5.36. The van der Waals surface area contributed by atoms with Gasteiger partial charge in [-0.3, -0.25) is 0 Å². The zero-order chi connectivity index (χ0) is 15.7. The smallest absolute Gasteiger partial charge is 0.0613 e. The van der Waals surface area contributed by atoms with E-state index in [1.807, 2.05) is 11.8 Å². The number of thioether (sulfide) groups is 1. The van der Waals surface area contributed by atoms with E-state index in [1.165, 1.54) is 16.0 Å². The summed E-state index contributed by atoms with van der Waals surface area (Å²) in [5.41, 5.74) is 2.64. The molecule has 0 spiro atoms. The van der Waals surface area contributed by atoms with E-state index in [-0.39, 0.29) is 12.1 Å². The molecule has 1 atom stereocenters. The fourth-order valence-electron chi connectivity index (χ4n) is 2.43. The van der Waals surface area contributed by atoms with Crippen molar-refractivity contribution in [2.45, 2.75) is 63.8 Å². The van der Waals surface area contributed by atoms with Crippen LogP contribution in [0.1, 0.15) is 50.7 Å². The lowest BCUT2D eigenvalue weighted by Gasteiger charge is -2.32. The highest BCUT2D eigenvalue weighted by Gasteiger charge is 2.25. The topological polar surface area (TPSA) is 32.3 Å². The van der Waals surface area contributed by atoms with Crippen molar-refractivity contribution in [3.8, 4) is 0 Å². The Kier molecular flexibility index (Phi) is 8.38. The second-order valence-corrected chi connectivity index (χ2v) is 7.09. The van der Waals surface area contributed by atoms with Gasteiger partial charge in [-0.2, -0.15) is 0 Å². The molecule has 0 heterocycles. The molecule has 0 radical (unpaired) electrons. The number of hydrogen-bond acceptors (Lipinski definition) is 3. The van der Waals surface area contributed by atoms with Crippen LogP contribution in [0.15, 0.2) is 23.1 Å². The predicted octanol–water partition coefficient (Wildman–Crippen LogP) is 4.32. The molecule has 0 aliphatic rings. The normalized spacial score (nSPS) is 14.1.